The van der Waals surface area contributed by atoms with Crippen LogP contribution >= 0.6 is 0 Å². The highest BCUT2D eigenvalue weighted by Crippen LogP contribution is 2.34. The molecule has 1 aliphatic heterocycles. The lowest BCUT2D eigenvalue weighted by Crippen LogP contribution is -2.41. The van der Waals surface area contributed by atoms with E-state index in [1.54, 1.807) is 0 Å². The van der Waals surface area contributed by atoms with Crippen molar-refractivity contribution in [3.05, 3.63) is 10.4 Å². The predicted octanol–water partition coefficient (Wildman–Crippen LogP) is 3.64. The van der Waals surface area contributed by atoms with E-state index in [0.29, 0.717) is 11.8 Å². The molecule has 1 saturated carbocycles. The van der Waals surface area contributed by atoms with E-state index in [1.807, 2.05) is 0 Å². The summed E-state index contributed by atoms with van der Waals surface area (Å²) < 4.78 is 11.8. The molecule has 1 saturated heterocycles. The third-order valence-corrected chi connectivity index (χ3v) is 4.07. The first kappa shape index (κ1) is 13.7. The number of nitrogens with zero attached hydrogens (tertiary/aromatic N) is 3. The molecule has 0 aromatic heterocycles. The minimum Gasteiger partial charge on any atom is -0.353 e. The molecule has 0 aromatic rings. The highest BCUT2D eigenvalue weighted by atomic mass is 16.7. The van der Waals surface area contributed by atoms with Crippen LogP contribution in [0.3, 0.4) is 0 Å². The molecule has 18 heavy (non-hydrogen) atoms. The maximum atomic E-state index is 8.53. The molecule has 2 aliphatic rings. The van der Waals surface area contributed by atoms with Crippen LogP contribution in [0.5, 0.6) is 0 Å². The van der Waals surface area contributed by atoms with E-state index in [1.165, 1.54) is 6.42 Å². The van der Waals surface area contributed by atoms with Crippen molar-refractivity contribution in [1.82, 2.24) is 0 Å². The molecule has 0 bridgehead atoms. The first-order chi connectivity index (χ1) is 8.70. The normalized spacial score (nSPS) is 41.1. The summed E-state index contributed by atoms with van der Waals surface area (Å²) in [5.74, 6) is 0.851. The van der Waals surface area contributed by atoms with Crippen LogP contribution in [-0.2, 0) is 9.47 Å². The Bertz CT molecular complexity index is 299. The van der Waals surface area contributed by atoms with Crippen molar-refractivity contribution in [2.75, 3.05) is 6.61 Å². The molecule has 3 unspecified atom stereocenters. The second kappa shape index (κ2) is 6.41. The number of hydrogen-bond donors (Lipinski definition) is 0. The third-order valence-electron chi connectivity index (χ3n) is 4.07. The van der Waals surface area contributed by atoms with Crippen LogP contribution in [0.25, 0.3) is 10.4 Å². The van der Waals surface area contributed by atoms with Gasteiger partial charge in [0.2, 0.25) is 0 Å². The summed E-state index contributed by atoms with van der Waals surface area (Å²) in [6.45, 7) is 5.19. The molecule has 0 radical (unpaired) electrons. The van der Waals surface area contributed by atoms with Gasteiger partial charge in [-0.3, -0.25) is 0 Å². The van der Waals surface area contributed by atoms with Gasteiger partial charge in [0.05, 0.1) is 6.10 Å². The number of ether oxygens (including phenoxy) is 2. The van der Waals surface area contributed by atoms with E-state index < -0.39 is 0 Å². The Hall–Kier alpha value is -0.770. The SMILES string of the molecule is CC1CC(N=[N+]=[N-])CC(C)C1OC1CCCCO1. The third kappa shape index (κ3) is 3.37. The van der Waals surface area contributed by atoms with Crippen molar-refractivity contribution in [3.8, 4) is 0 Å². The van der Waals surface area contributed by atoms with Gasteiger partial charge in [-0.2, -0.15) is 0 Å². The van der Waals surface area contributed by atoms with Crippen molar-refractivity contribution >= 4 is 0 Å². The summed E-state index contributed by atoms with van der Waals surface area (Å²) in [5.41, 5.74) is 8.53. The molecule has 0 amide bonds. The van der Waals surface area contributed by atoms with E-state index in [0.717, 1.165) is 32.3 Å². The van der Waals surface area contributed by atoms with Crippen LogP contribution in [0, 0.1) is 11.8 Å². The second-order valence-corrected chi connectivity index (χ2v) is 5.68. The average Bonchev–Trinajstić information content (AvgIpc) is 2.36. The largest absolute Gasteiger partial charge is 0.353 e. The minimum atomic E-state index is -0.0235. The summed E-state index contributed by atoms with van der Waals surface area (Å²) in [6, 6.07) is 0.132. The number of azide groups is 1. The van der Waals surface area contributed by atoms with E-state index in [-0.39, 0.29) is 18.4 Å². The van der Waals surface area contributed by atoms with Gasteiger partial charge in [0.1, 0.15) is 0 Å². The fraction of sp³-hybridized carbons (Fsp3) is 1.00. The Kier molecular flexibility index (Phi) is 4.87. The van der Waals surface area contributed by atoms with E-state index in [9.17, 15) is 0 Å². The van der Waals surface area contributed by atoms with Crippen LogP contribution in [-0.4, -0.2) is 25.0 Å². The Balaban J connectivity index is 1.90. The quantitative estimate of drug-likeness (QED) is 0.437. The lowest BCUT2D eigenvalue weighted by molar-refractivity contribution is -0.213. The highest BCUT2D eigenvalue weighted by Gasteiger charge is 2.35. The molecule has 1 aliphatic carbocycles. The van der Waals surface area contributed by atoms with Crippen LogP contribution in [0.2, 0.25) is 0 Å². The topological polar surface area (TPSA) is 67.2 Å². The van der Waals surface area contributed by atoms with Gasteiger partial charge in [0.25, 0.3) is 0 Å². The van der Waals surface area contributed by atoms with Crippen molar-refractivity contribution in [2.45, 2.75) is 64.4 Å². The molecule has 2 rings (SSSR count). The molecule has 0 aromatic carbocycles. The van der Waals surface area contributed by atoms with Gasteiger partial charge in [-0.1, -0.05) is 19.0 Å². The fourth-order valence-corrected chi connectivity index (χ4v) is 3.21. The number of hydrogen-bond acceptors (Lipinski definition) is 3. The smallest absolute Gasteiger partial charge is 0.157 e. The molecule has 5 nitrogen and oxygen atoms in total. The van der Waals surface area contributed by atoms with Crippen molar-refractivity contribution < 1.29 is 9.47 Å². The molecule has 0 spiro atoms. The maximum Gasteiger partial charge on any atom is 0.157 e. The minimum absolute atomic E-state index is 0.0235. The van der Waals surface area contributed by atoms with E-state index in [2.05, 4.69) is 23.9 Å². The molecule has 5 heteroatoms. The zero-order valence-electron chi connectivity index (χ0n) is 11.3. The van der Waals surface area contributed by atoms with E-state index >= 15 is 0 Å². The molecule has 0 N–H and O–H groups in total. The lowest BCUT2D eigenvalue weighted by Gasteiger charge is -2.39. The van der Waals surface area contributed by atoms with E-state index in [4.69, 9.17) is 15.0 Å². The molecule has 102 valence electrons. The van der Waals surface area contributed by atoms with Crippen molar-refractivity contribution in [1.29, 1.82) is 0 Å². The first-order valence-corrected chi connectivity index (χ1v) is 7.02. The summed E-state index contributed by atoms with van der Waals surface area (Å²) in [7, 11) is 0. The fourth-order valence-electron chi connectivity index (χ4n) is 3.21. The van der Waals surface area contributed by atoms with Gasteiger partial charge in [0, 0.05) is 17.6 Å². The van der Waals surface area contributed by atoms with Gasteiger partial charge in [0.15, 0.2) is 6.29 Å². The molecular formula is C13H23N3O2. The van der Waals surface area contributed by atoms with Gasteiger partial charge in [-0.05, 0) is 49.5 Å². The van der Waals surface area contributed by atoms with Crippen LogP contribution in [0.4, 0.5) is 0 Å². The Labute approximate surface area is 108 Å². The van der Waals surface area contributed by atoms with Crippen molar-refractivity contribution in [3.63, 3.8) is 0 Å². The maximum absolute atomic E-state index is 8.53. The van der Waals surface area contributed by atoms with Crippen LogP contribution < -0.4 is 0 Å². The van der Waals surface area contributed by atoms with Gasteiger partial charge < -0.3 is 9.47 Å². The van der Waals surface area contributed by atoms with Crippen LogP contribution in [0.15, 0.2) is 5.11 Å². The molecule has 3 atom stereocenters. The molecular weight excluding hydrogens is 230 g/mol. The lowest BCUT2D eigenvalue weighted by atomic mass is 9.78. The number of rotatable bonds is 3. The Morgan fingerprint density at radius 2 is 1.94 bits per heavy atom. The zero-order valence-corrected chi connectivity index (χ0v) is 11.3. The zero-order chi connectivity index (χ0) is 13.0. The second-order valence-electron chi connectivity index (χ2n) is 5.68. The summed E-state index contributed by atoms with van der Waals surface area (Å²) in [6.07, 6.45) is 5.41. The summed E-state index contributed by atoms with van der Waals surface area (Å²) >= 11 is 0. The van der Waals surface area contributed by atoms with Gasteiger partial charge in [-0.25, -0.2) is 0 Å². The molecule has 1 heterocycles. The Morgan fingerprint density at radius 3 is 2.50 bits per heavy atom. The Morgan fingerprint density at radius 1 is 1.22 bits per heavy atom. The van der Waals surface area contributed by atoms with Crippen molar-refractivity contribution in [2.24, 2.45) is 17.0 Å². The average molecular weight is 253 g/mol. The summed E-state index contributed by atoms with van der Waals surface area (Å²) in [4.78, 5) is 2.93. The van der Waals surface area contributed by atoms with Gasteiger partial charge in [-0.15, -0.1) is 0 Å². The standard InChI is InChI=1S/C13H23N3O2/c1-9-7-11(15-16-14)8-10(2)13(9)18-12-5-3-4-6-17-12/h9-13H,3-8H2,1-2H3. The highest BCUT2D eigenvalue weighted by molar-refractivity contribution is 4.87. The van der Waals surface area contributed by atoms with Gasteiger partial charge >= 0.3 is 0 Å². The summed E-state index contributed by atoms with van der Waals surface area (Å²) in [5, 5.41) is 3.86. The predicted molar refractivity (Wildman–Crippen MR) is 69.0 cm³/mol. The monoisotopic (exact) mass is 253 g/mol. The molecule has 2 fully saturated rings. The van der Waals surface area contributed by atoms with Crippen LogP contribution in [0.1, 0.15) is 46.0 Å². The first-order valence-electron chi connectivity index (χ1n) is 7.02.